The zero-order valence-electron chi connectivity index (χ0n) is 17.1. The Hall–Kier alpha value is -3.63. The van der Waals surface area contributed by atoms with Crippen LogP contribution in [0, 0.1) is 0 Å². The lowest BCUT2D eigenvalue weighted by Gasteiger charge is -2.13. The van der Waals surface area contributed by atoms with Gasteiger partial charge in [-0.25, -0.2) is 9.48 Å². The number of esters is 1. The van der Waals surface area contributed by atoms with Crippen molar-refractivity contribution in [2.24, 2.45) is 0 Å². The largest absolute Gasteiger partial charge is 0.462 e. The second-order valence-corrected chi connectivity index (χ2v) is 7.27. The summed E-state index contributed by atoms with van der Waals surface area (Å²) in [4.78, 5) is 24.5. The number of aromatic nitrogens is 4. The van der Waals surface area contributed by atoms with Gasteiger partial charge in [0, 0.05) is 16.9 Å². The molecule has 0 bridgehead atoms. The highest BCUT2D eigenvalue weighted by Gasteiger charge is 2.41. The molecule has 1 aromatic carbocycles. The molecule has 2 heterocycles. The number of benzene rings is 1. The second-order valence-electron chi connectivity index (χ2n) is 7.27. The molecule has 3 aromatic rings. The number of carbonyl (C=O) groups is 2. The van der Waals surface area contributed by atoms with Gasteiger partial charge in [-0.15, -0.1) is 0 Å². The molecule has 32 heavy (non-hydrogen) atoms. The Bertz CT molecular complexity index is 1150. The lowest BCUT2D eigenvalue weighted by Crippen LogP contribution is -2.18. The monoisotopic (exact) mass is 447 g/mol. The standard InChI is InChI=1S/C21H20F3N5O3/c1-2-32-20(31)15-11-25-29(18(15)21(22,23)24)13-9-7-12(8-10-13)26-19(30)17-14-5-3-4-6-16(14)27-28-17/h7-11H,2-6H2,1H3,(H,26,30)(H,27,28). The van der Waals surface area contributed by atoms with E-state index in [4.69, 9.17) is 4.74 Å². The summed E-state index contributed by atoms with van der Waals surface area (Å²) in [5.74, 6) is -1.49. The average molecular weight is 447 g/mol. The molecule has 8 nitrogen and oxygen atoms in total. The van der Waals surface area contributed by atoms with E-state index in [1.807, 2.05) is 0 Å². The average Bonchev–Trinajstić information content (AvgIpc) is 3.39. The summed E-state index contributed by atoms with van der Waals surface area (Å²) < 4.78 is 46.2. The Morgan fingerprint density at radius 1 is 1.19 bits per heavy atom. The van der Waals surface area contributed by atoms with Gasteiger partial charge in [-0.3, -0.25) is 9.89 Å². The Morgan fingerprint density at radius 2 is 1.91 bits per heavy atom. The molecular formula is C21H20F3N5O3. The number of hydrogen-bond acceptors (Lipinski definition) is 5. The predicted octanol–water partition coefficient (Wildman–Crippen LogP) is 3.92. The number of anilines is 1. The summed E-state index contributed by atoms with van der Waals surface area (Å²) in [6.45, 7) is 1.44. The van der Waals surface area contributed by atoms with E-state index in [1.165, 1.54) is 31.2 Å². The highest BCUT2D eigenvalue weighted by atomic mass is 19.4. The van der Waals surface area contributed by atoms with Gasteiger partial charge in [-0.05, 0) is 56.9 Å². The smallest absolute Gasteiger partial charge is 0.434 e. The summed E-state index contributed by atoms with van der Waals surface area (Å²) in [5, 5.41) is 13.5. The molecule has 11 heteroatoms. The van der Waals surface area contributed by atoms with Crippen LogP contribution in [0.3, 0.4) is 0 Å². The molecule has 168 valence electrons. The quantitative estimate of drug-likeness (QED) is 0.578. The Labute approximate surface area is 180 Å². The van der Waals surface area contributed by atoms with E-state index in [0.717, 1.165) is 43.1 Å². The van der Waals surface area contributed by atoms with Crippen LogP contribution in [-0.4, -0.2) is 38.5 Å². The van der Waals surface area contributed by atoms with Gasteiger partial charge in [-0.1, -0.05) is 0 Å². The Morgan fingerprint density at radius 3 is 2.59 bits per heavy atom. The lowest BCUT2D eigenvalue weighted by molar-refractivity contribution is -0.143. The minimum atomic E-state index is -4.83. The molecule has 0 spiro atoms. The second kappa shape index (κ2) is 8.48. The van der Waals surface area contributed by atoms with E-state index in [1.54, 1.807) is 0 Å². The summed E-state index contributed by atoms with van der Waals surface area (Å²) in [7, 11) is 0. The van der Waals surface area contributed by atoms with Crippen molar-refractivity contribution in [3.05, 3.63) is 58.7 Å². The first-order valence-electron chi connectivity index (χ1n) is 10.1. The molecule has 0 radical (unpaired) electrons. The normalized spacial score (nSPS) is 13.5. The fourth-order valence-corrected chi connectivity index (χ4v) is 3.72. The van der Waals surface area contributed by atoms with Crippen LogP contribution in [0.15, 0.2) is 30.5 Å². The van der Waals surface area contributed by atoms with Crippen molar-refractivity contribution in [2.45, 2.75) is 38.8 Å². The van der Waals surface area contributed by atoms with Crippen LogP contribution in [0.5, 0.6) is 0 Å². The van der Waals surface area contributed by atoms with Crippen LogP contribution >= 0.6 is 0 Å². The summed E-state index contributed by atoms with van der Waals surface area (Å²) >= 11 is 0. The van der Waals surface area contributed by atoms with E-state index < -0.39 is 29.3 Å². The zero-order chi connectivity index (χ0) is 22.9. The molecule has 0 fully saturated rings. The molecule has 2 N–H and O–H groups in total. The molecule has 4 rings (SSSR count). The number of aryl methyl sites for hydroxylation is 1. The molecule has 0 saturated carbocycles. The van der Waals surface area contributed by atoms with Gasteiger partial charge in [0.15, 0.2) is 11.4 Å². The van der Waals surface area contributed by atoms with Crippen LogP contribution in [0.2, 0.25) is 0 Å². The van der Waals surface area contributed by atoms with E-state index in [-0.39, 0.29) is 12.3 Å². The maximum Gasteiger partial charge on any atom is 0.434 e. The number of hydrogen-bond donors (Lipinski definition) is 2. The minimum absolute atomic E-state index is 0.0606. The molecule has 1 aliphatic carbocycles. The van der Waals surface area contributed by atoms with Gasteiger partial charge in [0.05, 0.1) is 18.5 Å². The van der Waals surface area contributed by atoms with Crippen LogP contribution in [0.4, 0.5) is 18.9 Å². The zero-order valence-corrected chi connectivity index (χ0v) is 17.1. The first-order chi connectivity index (χ1) is 15.3. The summed E-state index contributed by atoms with van der Waals surface area (Å²) in [5.41, 5.74) is 0.765. The molecule has 2 aromatic heterocycles. The van der Waals surface area contributed by atoms with Gasteiger partial charge in [0.1, 0.15) is 5.56 Å². The molecule has 1 aliphatic rings. The molecule has 0 aliphatic heterocycles. The molecular weight excluding hydrogens is 427 g/mol. The Balaban J connectivity index is 1.57. The minimum Gasteiger partial charge on any atom is -0.462 e. The maximum atomic E-state index is 13.6. The number of ether oxygens (including phenoxy) is 1. The van der Waals surface area contributed by atoms with Crippen LogP contribution in [0.1, 0.15) is 57.6 Å². The number of H-pyrrole nitrogens is 1. The van der Waals surface area contributed by atoms with Crippen molar-refractivity contribution in [1.82, 2.24) is 20.0 Å². The molecule has 1 amide bonds. The number of amides is 1. The van der Waals surface area contributed by atoms with Gasteiger partial charge in [-0.2, -0.15) is 23.4 Å². The predicted molar refractivity (Wildman–Crippen MR) is 108 cm³/mol. The number of alkyl halides is 3. The first-order valence-corrected chi connectivity index (χ1v) is 10.1. The maximum absolute atomic E-state index is 13.6. The SMILES string of the molecule is CCOC(=O)c1cnn(-c2ccc(NC(=O)c3n[nH]c4c3CCCC4)cc2)c1C(F)(F)F. The number of nitrogens with zero attached hydrogens (tertiary/aromatic N) is 3. The lowest BCUT2D eigenvalue weighted by atomic mass is 9.96. The first kappa shape index (κ1) is 21.6. The van der Waals surface area contributed by atoms with E-state index in [2.05, 4.69) is 20.6 Å². The third-order valence-electron chi connectivity index (χ3n) is 5.17. The summed E-state index contributed by atoms with van der Waals surface area (Å²) in [6.07, 6.45) is -0.343. The number of fused-ring (bicyclic) bond motifs is 1. The summed E-state index contributed by atoms with van der Waals surface area (Å²) in [6, 6.07) is 5.65. The van der Waals surface area contributed by atoms with E-state index in [0.29, 0.717) is 16.1 Å². The highest BCUT2D eigenvalue weighted by molar-refractivity contribution is 6.04. The van der Waals surface area contributed by atoms with Gasteiger partial charge >= 0.3 is 12.1 Å². The fraction of sp³-hybridized carbons (Fsp3) is 0.333. The molecule has 0 unspecified atom stereocenters. The van der Waals surface area contributed by atoms with Crippen molar-refractivity contribution in [3.8, 4) is 5.69 Å². The van der Waals surface area contributed by atoms with Crippen LogP contribution in [-0.2, 0) is 23.8 Å². The van der Waals surface area contributed by atoms with Crippen molar-refractivity contribution in [3.63, 3.8) is 0 Å². The van der Waals surface area contributed by atoms with Crippen molar-refractivity contribution < 1.29 is 27.5 Å². The van der Waals surface area contributed by atoms with E-state index in [9.17, 15) is 22.8 Å². The number of nitrogens with one attached hydrogen (secondary N) is 2. The van der Waals surface area contributed by atoms with E-state index >= 15 is 0 Å². The number of rotatable bonds is 5. The third kappa shape index (κ3) is 4.10. The molecule has 0 saturated heterocycles. The number of carbonyl (C=O) groups excluding carboxylic acids is 2. The fourth-order valence-electron chi connectivity index (χ4n) is 3.72. The highest BCUT2D eigenvalue weighted by Crippen LogP contribution is 2.34. The van der Waals surface area contributed by atoms with Crippen LogP contribution in [0.25, 0.3) is 5.69 Å². The van der Waals surface area contributed by atoms with Crippen molar-refractivity contribution in [1.29, 1.82) is 0 Å². The topological polar surface area (TPSA) is 102 Å². The number of halogens is 3. The van der Waals surface area contributed by atoms with Gasteiger partial charge in [0.25, 0.3) is 5.91 Å². The van der Waals surface area contributed by atoms with Crippen LogP contribution < -0.4 is 5.32 Å². The molecule has 0 atom stereocenters. The van der Waals surface area contributed by atoms with Crippen molar-refractivity contribution in [2.75, 3.05) is 11.9 Å². The van der Waals surface area contributed by atoms with Gasteiger partial charge in [0.2, 0.25) is 0 Å². The Kier molecular flexibility index (Phi) is 5.72. The van der Waals surface area contributed by atoms with Crippen molar-refractivity contribution >= 4 is 17.6 Å². The third-order valence-corrected chi connectivity index (χ3v) is 5.17. The number of aromatic amines is 1. The van der Waals surface area contributed by atoms with Gasteiger partial charge < -0.3 is 10.1 Å².